The third-order valence-electron chi connectivity index (χ3n) is 3.84. The molecule has 0 radical (unpaired) electrons. The lowest BCUT2D eigenvalue weighted by Crippen LogP contribution is -2.50. The van der Waals surface area contributed by atoms with Crippen LogP contribution in [0.1, 0.15) is 0 Å². The fourth-order valence-electron chi connectivity index (χ4n) is 2.53. The van der Waals surface area contributed by atoms with Gasteiger partial charge in [-0.3, -0.25) is 9.69 Å². The van der Waals surface area contributed by atoms with E-state index >= 15 is 0 Å². The molecule has 140 valence electrons. The molecule has 2 aromatic heterocycles. The van der Waals surface area contributed by atoms with E-state index in [1.54, 1.807) is 18.2 Å². The van der Waals surface area contributed by atoms with Crippen LogP contribution in [-0.4, -0.2) is 61.2 Å². The molecule has 7 nitrogen and oxygen atoms in total. The first-order valence-electron chi connectivity index (χ1n) is 7.74. The van der Waals surface area contributed by atoms with Crippen LogP contribution in [0, 0.1) is 0 Å². The summed E-state index contributed by atoms with van der Waals surface area (Å²) in [4.78, 5) is 18.0. The van der Waals surface area contributed by atoms with E-state index in [2.05, 4.69) is 10.3 Å². The molecule has 2 aromatic rings. The van der Waals surface area contributed by atoms with Gasteiger partial charge < -0.3 is 5.32 Å². The van der Waals surface area contributed by atoms with Crippen molar-refractivity contribution < 1.29 is 13.2 Å². The van der Waals surface area contributed by atoms with Gasteiger partial charge in [-0.05, 0) is 24.3 Å². The average molecular weight is 435 g/mol. The number of thiophene rings is 1. The average Bonchev–Trinajstić information content (AvgIpc) is 3.05. The minimum Gasteiger partial charge on any atom is -0.310 e. The maximum atomic E-state index is 12.6. The first-order valence-corrected chi connectivity index (χ1v) is 10.7. The Morgan fingerprint density at radius 1 is 1.15 bits per heavy atom. The van der Waals surface area contributed by atoms with Gasteiger partial charge in [0.25, 0.3) is 10.0 Å². The Bertz CT molecular complexity index is 879. The Morgan fingerprint density at radius 2 is 1.88 bits per heavy atom. The Hall–Kier alpha value is -1.23. The summed E-state index contributed by atoms with van der Waals surface area (Å²) in [6, 6.07) is 6.35. The first-order chi connectivity index (χ1) is 12.3. The van der Waals surface area contributed by atoms with Gasteiger partial charge in [0.15, 0.2) is 0 Å². The van der Waals surface area contributed by atoms with Crippen molar-refractivity contribution in [2.45, 2.75) is 4.21 Å². The van der Waals surface area contributed by atoms with Crippen LogP contribution >= 0.6 is 34.5 Å². The lowest BCUT2D eigenvalue weighted by Gasteiger charge is -2.33. The van der Waals surface area contributed by atoms with Crippen molar-refractivity contribution in [3.05, 3.63) is 39.8 Å². The Morgan fingerprint density at radius 3 is 2.46 bits per heavy atom. The number of aromatic nitrogens is 1. The summed E-state index contributed by atoms with van der Waals surface area (Å²) >= 11 is 12.6. The highest BCUT2D eigenvalue weighted by Crippen LogP contribution is 2.28. The number of rotatable bonds is 5. The maximum Gasteiger partial charge on any atom is 0.252 e. The number of amides is 1. The van der Waals surface area contributed by atoms with Gasteiger partial charge in [-0.2, -0.15) is 4.31 Å². The summed E-state index contributed by atoms with van der Waals surface area (Å²) in [6.45, 7) is 1.76. The van der Waals surface area contributed by atoms with E-state index in [1.807, 2.05) is 4.90 Å². The van der Waals surface area contributed by atoms with Crippen molar-refractivity contribution in [2.75, 3.05) is 38.0 Å². The predicted octanol–water partition coefficient (Wildman–Crippen LogP) is 2.39. The maximum absolute atomic E-state index is 12.6. The zero-order valence-electron chi connectivity index (χ0n) is 13.6. The zero-order chi connectivity index (χ0) is 18.7. The normalized spacial score (nSPS) is 16.5. The highest BCUT2D eigenvalue weighted by Gasteiger charge is 2.30. The van der Waals surface area contributed by atoms with Crippen LogP contribution in [0.3, 0.4) is 0 Å². The lowest BCUT2D eigenvalue weighted by molar-refractivity contribution is -0.117. The van der Waals surface area contributed by atoms with Crippen LogP contribution in [-0.2, 0) is 14.8 Å². The molecular formula is C15H16Cl2N4O3S2. The highest BCUT2D eigenvalue weighted by atomic mass is 35.5. The second-order valence-corrected chi connectivity index (χ2v) is 9.96. The summed E-state index contributed by atoms with van der Waals surface area (Å²) in [5.74, 6) is 0.219. The number of pyridine rings is 1. The van der Waals surface area contributed by atoms with Crippen LogP contribution in [0.25, 0.3) is 0 Å². The van der Waals surface area contributed by atoms with Gasteiger partial charge in [-0.15, -0.1) is 11.3 Å². The van der Waals surface area contributed by atoms with E-state index in [0.29, 0.717) is 41.4 Å². The quantitative estimate of drug-likeness (QED) is 0.780. The first kappa shape index (κ1) is 19.5. The molecule has 11 heteroatoms. The monoisotopic (exact) mass is 434 g/mol. The third-order valence-corrected chi connectivity index (χ3v) is 7.66. The molecule has 0 aromatic carbocycles. The van der Waals surface area contributed by atoms with Crippen molar-refractivity contribution in [2.24, 2.45) is 0 Å². The van der Waals surface area contributed by atoms with Crippen molar-refractivity contribution in [3.8, 4) is 0 Å². The molecule has 1 N–H and O–H groups in total. The van der Waals surface area contributed by atoms with Gasteiger partial charge in [-0.25, -0.2) is 13.4 Å². The summed E-state index contributed by atoms with van der Waals surface area (Å²) in [7, 11) is -3.53. The number of hydrogen-bond donors (Lipinski definition) is 1. The van der Waals surface area contributed by atoms with Gasteiger partial charge in [0.1, 0.15) is 10.0 Å². The molecule has 3 heterocycles. The summed E-state index contributed by atoms with van der Waals surface area (Å²) in [6.07, 6.45) is 1.46. The number of hydrogen-bond acceptors (Lipinski definition) is 6. The topological polar surface area (TPSA) is 82.6 Å². The van der Waals surface area contributed by atoms with Crippen molar-refractivity contribution in [1.82, 2.24) is 14.2 Å². The number of piperazine rings is 1. The minimum atomic E-state index is -3.53. The van der Waals surface area contributed by atoms with Gasteiger partial charge in [0.2, 0.25) is 5.91 Å². The molecule has 0 bridgehead atoms. The van der Waals surface area contributed by atoms with Crippen molar-refractivity contribution in [1.29, 1.82) is 0 Å². The molecule has 26 heavy (non-hydrogen) atoms. The minimum absolute atomic E-state index is 0.170. The Labute approximate surface area is 165 Å². The third kappa shape index (κ3) is 4.73. The van der Waals surface area contributed by atoms with Crippen LogP contribution in [0.15, 0.2) is 34.7 Å². The number of anilines is 1. The second-order valence-electron chi connectivity index (χ2n) is 5.65. The molecule has 1 aliphatic heterocycles. The lowest BCUT2D eigenvalue weighted by atomic mass is 10.3. The molecule has 1 aliphatic rings. The number of carbonyl (C=O) groups excluding carboxylic acids is 1. The summed E-state index contributed by atoms with van der Waals surface area (Å²) in [5.41, 5.74) is 0. The second kappa shape index (κ2) is 8.20. The fourth-order valence-corrected chi connectivity index (χ4v) is 5.70. The zero-order valence-corrected chi connectivity index (χ0v) is 16.7. The number of halogens is 2. The standard InChI is InChI=1S/C15H16Cl2N4O3S2/c16-11-1-3-13(18-9-11)19-14(22)10-20-5-7-21(8-6-20)26(23,24)15-4-2-12(17)25-15/h1-4,9H,5-8,10H2,(H,18,19,22). The summed E-state index contributed by atoms with van der Waals surface area (Å²) < 4.78 is 27.2. The smallest absolute Gasteiger partial charge is 0.252 e. The van der Waals surface area contributed by atoms with Crippen molar-refractivity contribution >= 4 is 56.3 Å². The van der Waals surface area contributed by atoms with E-state index < -0.39 is 10.0 Å². The van der Waals surface area contributed by atoms with Gasteiger partial charge in [0, 0.05) is 32.4 Å². The number of sulfonamides is 1. The van der Waals surface area contributed by atoms with Crippen LogP contribution in [0.4, 0.5) is 5.82 Å². The predicted molar refractivity (Wildman–Crippen MR) is 102 cm³/mol. The van der Waals surface area contributed by atoms with Crippen LogP contribution in [0.5, 0.6) is 0 Å². The molecule has 0 aliphatic carbocycles. The molecule has 1 amide bonds. The number of carbonyl (C=O) groups is 1. The van der Waals surface area contributed by atoms with Gasteiger partial charge in [-0.1, -0.05) is 23.2 Å². The highest BCUT2D eigenvalue weighted by molar-refractivity contribution is 7.91. The van der Waals surface area contributed by atoms with E-state index in [-0.39, 0.29) is 16.7 Å². The van der Waals surface area contributed by atoms with Gasteiger partial charge >= 0.3 is 0 Å². The van der Waals surface area contributed by atoms with E-state index in [0.717, 1.165) is 11.3 Å². The van der Waals surface area contributed by atoms with Crippen LogP contribution in [0.2, 0.25) is 9.36 Å². The molecule has 0 unspecified atom stereocenters. The largest absolute Gasteiger partial charge is 0.310 e. The number of nitrogens with zero attached hydrogens (tertiary/aromatic N) is 3. The SMILES string of the molecule is O=C(CN1CCN(S(=O)(=O)c2ccc(Cl)s2)CC1)Nc1ccc(Cl)cn1. The molecule has 0 saturated carbocycles. The van der Waals surface area contributed by atoms with Crippen LogP contribution < -0.4 is 5.32 Å². The molecule has 1 saturated heterocycles. The fraction of sp³-hybridized carbons (Fsp3) is 0.333. The summed E-state index contributed by atoms with van der Waals surface area (Å²) in [5, 5.41) is 3.18. The molecule has 3 rings (SSSR count). The van der Waals surface area contributed by atoms with Gasteiger partial charge in [0.05, 0.1) is 15.9 Å². The van der Waals surface area contributed by atoms with E-state index in [1.165, 1.54) is 16.6 Å². The number of nitrogens with one attached hydrogen (secondary N) is 1. The molecule has 0 spiro atoms. The molecular weight excluding hydrogens is 419 g/mol. The Balaban J connectivity index is 1.52. The van der Waals surface area contributed by atoms with E-state index in [9.17, 15) is 13.2 Å². The Kier molecular flexibility index (Phi) is 6.16. The molecule has 1 fully saturated rings. The van der Waals surface area contributed by atoms with Crippen molar-refractivity contribution in [3.63, 3.8) is 0 Å². The molecule has 0 atom stereocenters. The van der Waals surface area contributed by atoms with E-state index in [4.69, 9.17) is 23.2 Å².